The first kappa shape index (κ1) is 19.2. The summed E-state index contributed by atoms with van der Waals surface area (Å²) in [4.78, 5) is 19.4. The number of amides is 1. The van der Waals surface area contributed by atoms with Crippen molar-refractivity contribution in [2.45, 2.75) is 19.5 Å². The first-order chi connectivity index (χ1) is 15.3. The highest BCUT2D eigenvalue weighted by atomic mass is 16.5. The van der Waals surface area contributed by atoms with Crippen molar-refractivity contribution in [3.05, 3.63) is 84.7 Å². The van der Waals surface area contributed by atoms with Crippen LogP contribution in [0, 0.1) is 0 Å². The molecule has 0 saturated carbocycles. The van der Waals surface area contributed by atoms with E-state index in [-0.39, 0.29) is 12.5 Å². The zero-order valence-electron chi connectivity index (χ0n) is 17.2. The fourth-order valence-electron chi connectivity index (χ4n) is 4.00. The number of ether oxygens (including phenoxy) is 1. The number of carbonyl (C=O) groups is 1. The number of anilines is 2. The number of rotatable bonds is 5. The molecule has 1 aromatic heterocycles. The average Bonchev–Trinajstić information content (AvgIpc) is 3.01. The summed E-state index contributed by atoms with van der Waals surface area (Å²) in [6.07, 6.45) is 1.06. The van der Waals surface area contributed by atoms with Crippen LogP contribution >= 0.6 is 0 Å². The molecule has 4 aromatic rings. The Labute approximate surface area is 181 Å². The first-order valence-corrected chi connectivity index (χ1v) is 10.5. The summed E-state index contributed by atoms with van der Waals surface area (Å²) in [5.41, 5.74) is 4.14. The Kier molecular flexibility index (Phi) is 5.27. The van der Waals surface area contributed by atoms with E-state index in [1.807, 2.05) is 60.7 Å². The predicted molar refractivity (Wildman–Crippen MR) is 122 cm³/mol. The topological polar surface area (TPSA) is 59.4 Å². The molecule has 5 rings (SSSR count). The number of benzene rings is 3. The van der Waals surface area contributed by atoms with Crippen molar-refractivity contribution in [2.24, 2.45) is 0 Å². The van der Waals surface area contributed by atoms with Gasteiger partial charge >= 0.3 is 0 Å². The highest BCUT2D eigenvalue weighted by molar-refractivity contribution is 5.92. The Morgan fingerprint density at radius 3 is 2.55 bits per heavy atom. The predicted octanol–water partition coefficient (Wildman–Crippen LogP) is 4.46. The largest absolute Gasteiger partial charge is 0.484 e. The number of hydrogen-bond donors (Lipinski definition) is 1. The summed E-state index contributed by atoms with van der Waals surface area (Å²) in [6, 6.07) is 25.6. The third-order valence-corrected chi connectivity index (χ3v) is 5.50. The molecule has 6 heteroatoms. The summed E-state index contributed by atoms with van der Waals surface area (Å²) in [7, 11) is 0. The van der Waals surface area contributed by atoms with Gasteiger partial charge in [-0.3, -0.25) is 4.79 Å². The van der Waals surface area contributed by atoms with Crippen LogP contribution in [0.3, 0.4) is 0 Å². The van der Waals surface area contributed by atoms with Crippen molar-refractivity contribution in [1.82, 2.24) is 9.55 Å². The number of aromatic nitrogens is 2. The van der Waals surface area contributed by atoms with E-state index in [4.69, 9.17) is 9.72 Å². The fraction of sp³-hybridized carbons (Fsp3) is 0.200. The van der Waals surface area contributed by atoms with Gasteiger partial charge in [0.1, 0.15) is 11.6 Å². The van der Waals surface area contributed by atoms with E-state index < -0.39 is 0 Å². The van der Waals surface area contributed by atoms with Crippen molar-refractivity contribution in [2.75, 3.05) is 23.4 Å². The van der Waals surface area contributed by atoms with E-state index >= 15 is 0 Å². The van der Waals surface area contributed by atoms with Gasteiger partial charge < -0.3 is 19.5 Å². The number of fused-ring (bicyclic) bond motifs is 3. The monoisotopic (exact) mass is 412 g/mol. The summed E-state index contributed by atoms with van der Waals surface area (Å²) in [5, 5.41) is 2.89. The minimum absolute atomic E-state index is 0.0197. The summed E-state index contributed by atoms with van der Waals surface area (Å²) in [6.45, 7) is 2.69. The molecule has 0 atom stereocenters. The van der Waals surface area contributed by atoms with Gasteiger partial charge in [-0.15, -0.1) is 0 Å². The molecule has 0 fully saturated rings. The molecule has 156 valence electrons. The Morgan fingerprint density at radius 2 is 1.71 bits per heavy atom. The Bertz CT molecular complexity index is 1190. The van der Waals surface area contributed by atoms with Gasteiger partial charge in [-0.05, 0) is 55.0 Å². The lowest BCUT2D eigenvalue weighted by Gasteiger charge is -2.22. The molecule has 0 unspecified atom stereocenters. The van der Waals surface area contributed by atoms with Gasteiger partial charge in [0.15, 0.2) is 6.61 Å². The van der Waals surface area contributed by atoms with E-state index in [1.165, 1.54) is 5.52 Å². The molecule has 0 spiro atoms. The summed E-state index contributed by atoms with van der Waals surface area (Å²) >= 11 is 0. The van der Waals surface area contributed by atoms with Crippen LogP contribution in [0.5, 0.6) is 5.75 Å². The minimum atomic E-state index is -0.180. The van der Waals surface area contributed by atoms with Gasteiger partial charge in [-0.2, -0.15) is 0 Å². The quantitative estimate of drug-likeness (QED) is 0.526. The third-order valence-electron chi connectivity index (χ3n) is 5.50. The Balaban J connectivity index is 1.24. The van der Waals surface area contributed by atoms with Crippen LogP contribution in [0.25, 0.3) is 11.0 Å². The molecule has 31 heavy (non-hydrogen) atoms. The second-order valence-corrected chi connectivity index (χ2v) is 7.64. The maximum atomic E-state index is 12.2. The molecule has 1 N–H and O–H groups in total. The molecule has 1 aliphatic rings. The molecule has 1 amide bonds. The summed E-state index contributed by atoms with van der Waals surface area (Å²) < 4.78 is 7.83. The van der Waals surface area contributed by atoms with Crippen molar-refractivity contribution in [1.29, 1.82) is 0 Å². The number of nitrogens with zero attached hydrogens (tertiary/aromatic N) is 3. The van der Waals surface area contributed by atoms with Crippen LogP contribution in [0.1, 0.15) is 12.2 Å². The zero-order valence-corrected chi connectivity index (χ0v) is 17.2. The van der Waals surface area contributed by atoms with E-state index in [0.717, 1.165) is 48.8 Å². The molecule has 0 saturated heterocycles. The van der Waals surface area contributed by atoms with Crippen molar-refractivity contribution >= 4 is 28.3 Å². The lowest BCUT2D eigenvalue weighted by Crippen LogP contribution is -2.23. The second kappa shape index (κ2) is 8.52. The van der Waals surface area contributed by atoms with Gasteiger partial charge in [0.2, 0.25) is 0 Å². The molecular formula is C25H24N4O2. The Morgan fingerprint density at radius 1 is 0.935 bits per heavy atom. The molecule has 2 heterocycles. The van der Waals surface area contributed by atoms with Gasteiger partial charge in [0, 0.05) is 24.5 Å². The van der Waals surface area contributed by atoms with Gasteiger partial charge in [0.25, 0.3) is 5.91 Å². The molecule has 0 bridgehead atoms. The van der Waals surface area contributed by atoms with E-state index in [9.17, 15) is 4.79 Å². The highest BCUT2D eigenvalue weighted by Gasteiger charge is 2.18. The van der Waals surface area contributed by atoms with E-state index in [0.29, 0.717) is 5.75 Å². The number of carbonyl (C=O) groups excluding carboxylic acids is 1. The standard InChI is InChI=1S/C25H24N4O2/c30-25(18-31-21-7-2-1-3-8-21)26-19-11-13-20(14-12-19)28-15-6-16-29-23-10-5-4-9-22(23)27-24(29)17-28/h1-5,7-14H,6,15-18H2,(H,26,30). The number of para-hydroxylation sites is 3. The van der Waals surface area contributed by atoms with Crippen molar-refractivity contribution in [3.8, 4) is 5.75 Å². The maximum absolute atomic E-state index is 12.2. The van der Waals surface area contributed by atoms with Crippen molar-refractivity contribution in [3.63, 3.8) is 0 Å². The molecule has 6 nitrogen and oxygen atoms in total. The lowest BCUT2D eigenvalue weighted by molar-refractivity contribution is -0.118. The first-order valence-electron chi connectivity index (χ1n) is 10.5. The smallest absolute Gasteiger partial charge is 0.262 e. The fourth-order valence-corrected chi connectivity index (χ4v) is 4.00. The average molecular weight is 412 g/mol. The Hall–Kier alpha value is -3.80. The SMILES string of the molecule is O=C(COc1ccccc1)Nc1ccc(N2CCCn3c(nc4ccccc43)C2)cc1. The molecule has 0 aliphatic carbocycles. The number of hydrogen-bond acceptors (Lipinski definition) is 4. The normalized spacial score (nSPS) is 13.5. The summed E-state index contributed by atoms with van der Waals surface area (Å²) in [5.74, 6) is 1.59. The molecular weight excluding hydrogens is 388 g/mol. The lowest BCUT2D eigenvalue weighted by atomic mass is 10.2. The van der Waals surface area contributed by atoms with Crippen LogP contribution in [0.4, 0.5) is 11.4 Å². The molecule has 3 aromatic carbocycles. The van der Waals surface area contributed by atoms with Gasteiger partial charge in [-0.25, -0.2) is 4.98 Å². The zero-order chi connectivity index (χ0) is 21.0. The maximum Gasteiger partial charge on any atom is 0.262 e. The van der Waals surface area contributed by atoms with Crippen LogP contribution in [0.2, 0.25) is 0 Å². The second-order valence-electron chi connectivity index (χ2n) is 7.64. The van der Waals surface area contributed by atoms with Crippen LogP contribution < -0.4 is 15.0 Å². The number of nitrogens with one attached hydrogen (secondary N) is 1. The molecule has 0 radical (unpaired) electrons. The molecule has 1 aliphatic heterocycles. The van der Waals surface area contributed by atoms with Gasteiger partial charge in [-0.1, -0.05) is 30.3 Å². The minimum Gasteiger partial charge on any atom is -0.484 e. The third kappa shape index (κ3) is 4.23. The van der Waals surface area contributed by atoms with Crippen LogP contribution in [-0.2, 0) is 17.9 Å². The van der Waals surface area contributed by atoms with E-state index in [1.54, 1.807) is 0 Å². The van der Waals surface area contributed by atoms with Crippen molar-refractivity contribution < 1.29 is 9.53 Å². The van der Waals surface area contributed by atoms with Crippen LogP contribution in [-0.4, -0.2) is 28.6 Å². The number of aryl methyl sites for hydroxylation is 1. The highest BCUT2D eigenvalue weighted by Crippen LogP contribution is 2.25. The van der Waals surface area contributed by atoms with Gasteiger partial charge in [0.05, 0.1) is 17.6 Å². The van der Waals surface area contributed by atoms with Crippen LogP contribution in [0.15, 0.2) is 78.9 Å². The number of imidazole rings is 1. The van der Waals surface area contributed by atoms with E-state index in [2.05, 4.69) is 33.0 Å².